The maximum atomic E-state index is 12.3. The lowest BCUT2D eigenvalue weighted by atomic mass is 9.68. The van der Waals surface area contributed by atoms with E-state index in [1.165, 1.54) is 11.1 Å². The van der Waals surface area contributed by atoms with Crippen molar-refractivity contribution in [2.45, 2.75) is 18.4 Å². The number of benzene rings is 1. The Morgan fingerprint density at radius 3 is 2.54 bits per heavy atom. The summed E-state index contributed by atoms with van der Waals surface area (Å²) in [5.74, 6) is 0.732. The zero-order chi connectivity index (χ0) is 19.6. The molecule has 1 aromatic heterocycles. The summed E-state index contributed by atoms with van der Waals surface area (Å²) in [7, 11) is 3.68. The largest absolute Gasteiger partial charge is 0.348 e. The van der Waals surface area contributed by atoms with Gasteiger partial charge in [0.2, 0.25) is 5.91 Å². The molecular weight excluding hydrogens is 348 g/mol. The van der Waals surface area contributed by atoms with E-state index in [1.54, 1.807) is 4.90 Å². The van der Waals surface area contributed by atoms with Gasteiger partial charge >= 0.3 is 0 Å². The number of pyridine rings is 1. The van der Waals surface area contributed by atoms with Crippen molar-refractivity contribution in [1.29, 1.82) is 0 Å². The number of likely N-dealkylation sites (tertiary alicyclic amines) is 2. The highest BCUT2D eigenvalue weighted by Crippen LogP contribution is 2.45. The fourth-order valence-corrected chi connectivity index (χ4v) is 4.94. The van der Waals surface area contributed by atoms with Gasteiger partial charge < -0.3 is 4.90 Å². The summed E-state index contributed by atoms with van der Waals surface area (Å²) in [5.41, 5.74) is 2.91. The van der Waals surface area contributed by atoms with Crippen molar-refractivity contribution in [3.05, 3.63) is 66.0 Å². The fraction of sp³-hybridized carbons (Fsp3) is 0.478. The highest BCUT2D eigenvalue weighted by atomic mass is 16.2. The quantitative estimate of drug-likeness (QED) is 0.800. The molecule has 5 heteroatoms. The van der Waals surface area contributed by atoms with Crippen molar-refractivity contribution in [1.82, 2.24) is 19.7 Å². The standard InChI is InChI=1S/C23H30N4O/c1-25(2)22(28)17-27-16-21-15-26(14-19-8-11-24-12-9-19)13-10-23(21,18-27)20-6-4-3-5-7-20/h3-9,11-12,21H,10,13-18H2,1-2H3. The van der Waals surface area contributed by atoms with Crippen LogP contribution >= 0.6 is 0 Å². The van der Waals surface area contributed by atoms with Gasteiger partial charge in [-0.25, -0.2) is 0 Å². The van der Waals surface area contributed by atoms with Crippen LogP contribution in [0.15, 0.2) is 54.9 Å². The molecule has 2 fully saturated rings. The zero-order valence-corrected chi connectivity index (χ0v) is 16.9. The molecule has 1 aromatic carbocycles. The maximum Gasteiger partial charge on any atom is 0.236 e. The van der Waals surface area contributed by atoms with Crippen LogP contribution in [0.1, 0.15) is 17.5 Å². The van der Waals surface area contributed by atoms with E-state index >= 15 is 0 Å². The molecule has 2 unspecified atom stereocenters. The van der Waals surface area contributed by atoms with Gasteiger partial charge in [-0.1, -0.05) is 30.3 Å². The van der Waals surface area contributed by atoms with Crippen LogP contribution in [0.3, 0.4) is 0 Å². The third-order valence-electron chi connectivity index (χ3n) is 6.48. The van der Waals surface area contributed by atoms with Gasteiger partial charge in [-0.15, -0.1) is 0 Å². The Labute approximate surface area is 168 Å². The van der Waals surface area contributed by atoms with E-state index in [0.29, 0.717) is 12.5 Å². The zero-order valence-electron chi connectivity index (χ0n) is 16.9. The van der Waals surface area contributed by atoms with Gasteiger partial charge in [0, 0.05) is 58.1 Å². The second kappa shape index (κ2) is 8.02. The lowest BCUT2D eigenvalue weighted by Gasteiger charge is -2.44. The molecule has 0 aliphatic carbocycles. The number of hydrogen-bond donors (Lipinski definition) is 0. The Balaban J connectivity index is 1.54. The minimum absolute atomic E-state index is 0.155. The molecule has 2 aliphatic heterocycles. The maximum absolute atomic E-state index is 12.3. The molecule has 3 heterocycles. The van der Waals surface area contributed by atoms with Gasteiger partial charge in [0.05, 0.1) is 6.54 Å². The highest BCUT2D eigenvalue weighted by molar-refractivity contribution is 5.77. The molecule has 2 atom stereocenters. The molecule has 1 amide bonds. The molecule has 28 heavy (non-hydrogen) atoms. The molecule has 2 aliphatic rings. The minimum Gasteiger partial charge on any atom is -0.348 e. The van der Waals surface area contributed by atoms with Crippen LogP contribution in [0.25, 0.3) is 0 Å². The number of piperidine rings is 1. The summed E-state index contributed by atoms with van der Waals surface area (Å²) in [6.07, 6.45) is 4.88. The normalized spacial score (nSPS) is 25.4. The molecule has 5 nitrogen and oxygen atoms in total. The summed E-state index contributed by atoms with van der Waals surface area (Å²) in [5, 5.41) is 0. The Hall–Kier alpha value is -2.24. The first-order valence-electron chi connectivity index (χ1n) is 10.2. The van der Waals surface area contributed by atoms with Gasteiger partial charge in [-0.05, 0) is 42.1 Å². The van der Waals surface area contributed by atoms with Crippen molar-refractivity contribution in [2.75, 3.05) is 46.8 Å². The van der Waals surface area contributed by atoms with Crippen LogP contribution < -0.4 is 0 Å². The Morgan fingerprint density at radius 2 is 1.82 bits per heavy atom. The van der Waals surface area contributed by atoms with Crippen LogP contribution in [0.5, 0.6) is 0 Å². The van der Waals surface area contributed by atoms with Crippen molar-refractivity contribution < 1.29 is 4.79 Å². The number of hydrogen-bond acceptors (Lipinski definition) is 4. The molecule has 0 spiro atoms. The molecule has 4 rings (SSSR count). The lowest BCUT2D eigenvalue weighted by molar-refractivity contribution is -0.129. The van der Waals surface area contributed by atoms with Crippen molar-refractivity contribution in [2.24, 2.45) is 5.92 Å². The van der Waals surface area contributed by atoms with E-state index in [0.717, 1.165) is 39.1 Å². The summed E-state index contributed by atoms with van der Waals surface area (Å²) >= 11 is 0. The Kier molecular flexibility index (Phi) is 5.47. The molecule has 2 aromatic rings. The van der Waals surface area contributed by atoms with Crippen molar-refractivity contribution in [3.8, 4) is 0 Å². The van der Waals surface area contributed by atoms with Gasteiger partial charge in [0.25, 0.3) is 0 Å². The monoisotopic (exact) mass is 378 g/mol. The predicted molar refractivity (Wildman–Crippen MR) is 111 cm³/mol. The van der Waals surface area contributed by atoms with Gasteiger partial charge in [-0.2, -0.15) is 0 Å². The van der Waals surface area contributed by atoms with Crippen molar-refractivity contribution in [3.63, 3.8) is 0 Å². The summed E-state index contributed by atoms with van der Waals surface area (Å²) in [6.45, 7) is 5.61. The number of amides is 1. The number of aromatic nitrogens is 1. The topological polar surface area (TPSA) is 39.7 Å². The van der Waals surface area contributed by atoms with Crippen LogP contribution in [0.4, 0.5) is 0 Å². The summed E-state index contributed by atoms with van der Waals surface area (Å²) in [4.78, 5) is 23.1. The molecule has 148 valence electrons. The van der Waals surface area contributed by atoms with Gasteiger partial charge in [-0.3, -0.25) is 19.6 Å². The first-order chi connectivity index (χ1) is 13.6. The van der Waals surface area contributed by atoms with E-state index in [4.69, 9.17) is 0 Å². The molecule has 0 radical (unpaired) electrons. The molecule has 0 bridgehead atoms. The SMILES string of the molecule is CN(C)C(=O)CN1CC2CN(Cc3ccncc3)CCC2(c2ccccc2)C1. The number of carbonyl (C=O) groups excluding carboxylic acids is 1. The van der Waals surface area contributed by atoms with E-state index in [-0.39, 0.29) is 11.3 Å². The molecule has 0 saturated carbocycles. The van der Waals surface area contributed by atoms with Crippen molar-refractivity contribution >= 4 is 5.91 Å². The van der Waals surface area contributed by atoms with E-state index < -0.39 is 0 Å². The van der Waals surface area contributed by atoms with Crippen LogP contribution in [0.2, 0.25) is 0 Å². The number of rotatable bonds is 5. The number of fused-ring (bicyclic) bond motifs is 1. The summed E-state index contributed by atoms with van der Waals surface area (Å²) < 4.78 is 0. The number of likely N-dealkylation sites (N-methyl/N-ethyl adjacent to an activating group) is 1. The second-order valence-corrected chi connectivity index (χ2v) is 8.52. The Morgan fingerprint density at radius 1 is 1.11 bits per heavy atom. The Bertz CT molecular complexity index is 795. The first kappa shape index (κ1) is 19.1. The third-order valence-corrected chi connectivity index (χ3v) is 6.48. The van der Waals surface area contributed by atoms with E-state index in [2.05, 4.69) is 57.2 Å². The van der Waals surface area contributed by atoms with E-state index in [1.807, 2.05) is 26.5 Å². The minimum atomic E-state index is 0.155. The predicted octanol–water partition coefficient (Wildman–Crippen LogP) is 2.25. The van der Waals surface area contributed by atoms with Gasteiger partial charge in [0.15, 0.2) is 0 Å². The average molecular weight is 379 g/mol. The molecular formula is C23H30N4O. The van der Waals surface area contributed by atoms with Gasteiger partial charge in [0.1, 0.15) is 0 Å². The number of carbonyl (C=O) groups is 1. The third kappa shape index (κ3) is 3.82. The van der Waals surface area contributed by atoms with E-state index in [9.17, 15) is 4.79 Å². The lowest BCUT2D eigenvalue weighted by Crippen LogP contribution is -2.49. The average Bonchev–Trinajstić information content (AvgIpc) is 3.08. The summed E-state index contributed by atoms with van der Waals surface area (Å²) in [6, 6.07) is 15.2. The van der Waals surface area contributed by atoms with Crippen LogP contribution in [-0.2, 0) is 16.8 Å². The highest BCUT2D eigenvalue weighted by Gasteiger charge is 2.50. The smallest absolute Gasteiger partial charge is 0.236 e. The fourth-order valence-electron chi connectivity index (χ4n) is 4.94. The molecule has 0 N–H and O–H groups in total. The number of nitrogens with zero attached hydrogens (tertiary/aromatic N) is 4. The first-order valence-corrected chi connectivity index (χ1v) is 10.2. The van der Waals surface area contributed by atoms with Crippen LogP contribution in [-0.4, -0.2) is 72.4 Å². The molecule has 2 saturated heterocycles. The second-order valence-electron chi connectivity index (χ2n) is 8.52. The van der Waals surface area contributed by atoms with Crippen LogP contribution in [0, 0.1) is 5.92 Å².